The third kappa shape index (κ3) is 1.70. The zero-order chi connectivity index (χ0) is 12.9. The minimum absolute atomic E-state index is 0.0520. The van der Waals surface area contributed by atoms with Crippen LogP contribution in [0.5, 0.6) is 0 Å². The lowest BCUT2D eigenvalue weighted by atomic mass is 10.1. The number of nitrogens with two attached hydrogens (primary N) is 1. The fraction of sp³-hybridized carbons (Fsp3) is 0.385. The van der Waals surface area contributed by atoms with Gasteiger partial charge in [0.05, 0.1) is 11.1 Å². The Labute approximate surface area is 102 Å². The molecule has 0 saturated heterocycles. The van der Waals surface area contributed by atoms with Gasteiger partial charge in [0.15, 0.2) is 0 Å². The predicted molar refractivity (Wildman–Crippen MR) is 63.2 cm³/mol. The molecular weight excluding hydrogens is 241 g/mol. The van der Waals surface area contributed by atoms with Crippen LogP contribution in [0.4, 0.5) is 13.2 Å². The molecule has 0 radical (unpaired) electrons. The first-order valence-electron chi connectivity index (χ1n) is 5.91. The van der Waals surface area contributed by atoms with Crippen LogP contribution in [-0.4, -0.2) is 10.6 Å². The third-order valence-electron chi connectivity index (χ3n) is 3.51. The second-order valence-corrected chi connectivity index (χ2v) is 4.78. The molecule has 0 bridgehead atoms. The summed E-state index contributed by atoms with van der Waals surface area (Å²) in [5, 5.41) is 0.647. The van der Waals surface area contributed by atoms with E-state index in [0.717, 1.165) is 18.2 Å². The van der Waals surface area contributed by atoms with Crippen LogP contribution in [-0.2, 0) is 19.1 Å². The first kappa shape index (κ1) is 11.6. The van der Waals surface area contributed by atoms with E-state index in [-0.39, 0.29) is 6.04 Å². The van der Waals surface area contributed by atoms with Crippen LogP contribution in [0.25, 0.3) is 10.9 Å². The van der Waals surface area contributed by atoms with Gasteiger partial charge in [0.25, 0.3) is 0 Å². The molecule has 1 atom stereocenters. The van der Waals surface area contributed by atoms with E-state index in [1.165, 1.54) is 6.07 Å². The molecular formula is C13H13F3N2. The lowest BCUT2D eigenvalue weighted by Gasteiger charge is -2.22. The number of benzene rings is 1. The predicted octanol–water partition coefficient (Wildman–Crippen LogP) is 2.93. The molecule has 0 spiro atoms. The number of rotatable bonds is 0. The molecule has 1 aliphatic rings. The molecule has 0 saturated carbocycles. The van der Waals surface area contributed by atoms with E-state index in [9.17, 15) is 13.2 Å². The monoisotopic (exact) mass is 254 g/mol. The van der Waals surface area contributed by atoms with Crippen molar-refractivity contribution in [2.75, 3.05) is 0 Å². The van der Waals surface area contributed by atoms with Crippen molar-refractivity contribution in [2.24, 2.45) is 5.73 Å². The lowest BCUT2D eigenvalue weighted by molar-refractivity contribution is -0.136. The molecule has 2 N–H and O–H groups in total. The Bertz CT molecular complexity index is 598. The minimum Gasteiger partial charge on any atom is -0.344 e. The lowest BCUT2D eigenvalue weighted by Crippen LogP contribution is -2.30. The average Bonchev–Trinajstić information content (AvgIpc) is 2.64. The van der Waals surface area contributed by atoms with Crippen molar-refractivity contribution in [2.45, 2.75) is 31.6 Å². The molecule has 18 heavy (non-hydrogen) atoms. The summed E-state index contributed by atoms with van der Waals surface area (Å²) in [6.07, 6.45) is -2.94. The van der Waals surface area contributed by atoms with Gasteiger partial charge in [-0.1, -0.05) is 12.1 Å². The SMILES string of the molecule is NC1CCn2c(cc3cccc(C(F)(F)F)c32)C1. The maximum absolute atomic E-state index is 13.0. The van der Waals surface area contributed by atoms with Gasteiger partial charge in [-0.25, -0.2) is 0 Å². The summed E-state index contributed by atoms with van der Waals surface area (Å²) in [5.74, 6) is 0. The molecule has 0 fully saturated rings. The fourth-order valence-electron chi connectivity index (χ4n) is 2.70. The number of alkyl halides is 3. The van der Waals surface area contributed by atoms with Crippen molar-refractivity contribution in [3.05, 3.63) is 35.5 Å². The van der Waals surface area contributed by atoms with Gasteiger partial charge in [-0.05, 0) is 18.6 Å². The van der Waals surface area contributed by atoms with Crippen molar-refractivity contribution in [1.82, 2.24) is 4.57 Å². The molecule has 2 heterocycles. The smallest absolute Gasteiger partial charge is 0.344 e. The summed E-state index contributed by atoms with van der Waals surface area (Å²) in [7, 11) is 0. The molecule has 0 aliphatic carbocycles. The summed E-state index contributed by atoms with van der Waals surface area (Å²) in [6.45, 7) is 0.563. The first-order chi connectivity index (χ1) is 8.47. The summed E-state index contributed by atoms with van der Waals surface area (Å²) < 4.78 is 40.8. The van der Waals surface area contributed by atoms with Gasteiger partial charge in [-0.15, -0.1) is 0 Å². The van der Waals surface area contributed by atoms with Crippen molar-refractivity contribution in [3.63, 3.8) is 0 Å². The molecule has 1 aromatic carbocycles. The Kier molecular flexibility index (Phi) is 2.41. The highest BCUT2D eigenvalue weighted by Crippen LogP contribution is 2.37. The fourth-order valence-corrected chi connectivity index (χ4v) is 2.70. The van der Waals surface area contributed by atoms with Crippen LogP contribution in [0.1, 0.15) is 17.7 Å². The molecule has 1 aliphatic heterocycles. The molecule has 1 unspecified atom stereocenters. The second kappa shape index (κ2) is 3.75. The van der Waals surface area contributed by atoms with Gasteiger partial charge in [0, 0.05) is 30.1 Å². The first-order valence-corrected chi connectivity index (χ1v) is 5.91. The Morgan fingerprint density at radius 3 is 2.78 bits per heavy atom. The van der Waals surface area contributed by atoms with Crippen molar-refractivity contribution in [3.8, 4) is 0 Å². The van der Waals surface area contributed by atoms with Crippen LogP contribution >= 0.6 is 0 Å². The van der Waals surface area contributed by atoms with E-state index < -0.39 is 11.7 Å². The molecule has 96 valence electrons. The maximum atomic E-state index is 13.0. The quantitative estimate of drug-likeness (QED) is 0.770. The number of para-hydroxylation sites is 1. The van der Waals surface area contributed by atoms with E-state index in [1.54, 1.807) is 10.6 Å². The topological polar surface area (TPSA) is 30.9 Å². The van der Waals surface area contributed by atoms with Crippen LogP contribution < -0.4 is 5.73 Å². The highest BCUT2D eigenvalue weighted by molar-refractivity contribution is 5.85. The number of halogens is 3. The summed E-state index contributed by atoms with van der Waals surface area (Å²) >= 11 is 0. The summed E-state index contributed by atoms with van der Waals surface area (Å²) in [4.78, 5) is 0. The van der Waals surface area contributed by atoms with Crippen LogP contribution in [0.3, 0.4) is 0 Å². The van der Waals surface area contributed by atoms with E-state index in [2.05, 4.69) is 0 Å². The molecule has 2 aromatic rings. The van der Waals surface area contributed by atoms with Crippen LogP contribution in [0.15, 0.2) is 24.3 Å². The van der Waals surface area contributed by atoms with E-state index >= 15 is 0 Å². The molecule has 3 rings (SSSR count). The van der Waals surface area contributed by atoms with Crippen LogP contribution in [0.2, 0.25) is 0 Å². The highest BCUT2D eigenvalue weighted by Gasteiger charge is 2.34. The molecule has 2 nitrogen and oxygen atoms in total. The standard InChI is InChI=1S/C13H13F3N2/c14-13(15,16)11-3-1-2-8-6-10-7-9(17)4-5-18(10)12(8)11/h1-3,6,9H,4-5,7,17H2. The Balaban J connectivity index is 2.28. The number of aryl methyl sites for hydroxylation is 1. The summed E-state index contributed by atoms with van der Waals surface area (Å²) in [5.41, 5.74) is 6.51. The van der Waals surface area contributed by atoms with Gasteiger partial charge < -0.3 is 10.3 Å². The Morgan fingerprint density at radius 2 is 2.06 bits per heavy atom. The Hall–Kier alpha value is -1.49. The van der Waals surface area contributed by atoms with Gasteiger partial charge in [-0.3, -0.25) is 0 Å². The maximum Gasteiger partial charge on any atom is 0.418 e. The number of hydrogen-bond donors (Lipinski definition) is 1. The zero-order valence-electron chi connectivity index (χ0n) is 9.67. The second-order valence-electron chi connectivity index (χ2n) is 4.78. The van der Waals surface area contributed by atoms with Gasteiger partial charge >= 0.3 is 6.18 Å². The minimum atomic E-state index is -4.31. The molecule has 5 heteroatoms. The molecule has 1 aromatic heterocycles. The number of aromatic nitrogens is 1. The van der Waals surface area contributed by atoms with E-state index in [4.69, 9.17) is 5.73 Å². The third-order valence-corrected chi connectivity index (χ3v) is 3.51. The van der Waals surface area contributed by atoms with Gasteiger partial charge in [0.2, 0.25) is 0 Å². The highest BCUT2D eigenvalue weighted by atomic mass is 19.4. The van der Waals surface area contributed by atoms with Gasteiger partial charge in [-0.2, -0.15) is 13.2 Å². The van der Waals surface area contributed by atoms with Crippen molar-refractivity contribution < 1.29 is 13.2 Å². The van der Waals surface area contributed by atoms with E-state index in [0.29, 0.717) is 23.9 Å². The van der Waals surface area contributed by atoms with Crippen molar-refractivity contribution in [1.29, 1.82) is 0 Å². The number of fused-ring (bicyclic) bond motifs is 3. The Morgan fingerprint density at radius 1 is 1.28 bits per heavy atom. The summed E-state index contributed by atoms with van der Waals surface area (Å²) in [6, 6.07) is 6.20. The number of nitrogens with zero attached hydrogens (tertiary/aromatic N) is 1. The number of hydrogen-bond acceptors (Lipinski definition) is 1. The normalized spacial score (nSPS) is 20.1. The zero-order valence-corrected chi connectivity index (χ0v) is 9.67. The van der Waals surface area contributed by atoms with Gasteiger partial charge in [0.1, 0.15) is 0 Å². The van der Waals surface area contributed by atoms with Crippen molar-refractivity contribution >= 4 is 10.9 Å². The van der Waals surface area contributed by atoms with Crippen LogP contribution in [0, 0.1) is 0 Å². The molecule has 0 amide bonds. The largest absolute Gasteiger partial charge is 0.418 e. The van der Waals surface area contributed by atoms with E-state index in [1.807, 2.05) is 6.07 Å². The average molecular weight is 254 g/mol.